The molecule has 0 radical (unpaired) electrons. The summed E-state index contributed by atoms with van der Waals surface area (Å²) in [7, 11) is 0. The van der Waals surface area contributed by atoms with Gasteiger partial charge in [-0.05, 0) is 84.8 Å². The van der Waals surface area contributed by atoms with Crippen LogP contribution in [0.25, 0.3) is 5.70 Å². The summed E-state index contributed by atoms with van der Waals surface area (Å²) < 4.78 is 0. The van der Waals surface area contributed by atoms with Crippen molar-refractivity contribution in [1.82, 2.24) is 0 Å². The molecule has 0 spiro atoms. The van der Waals surface area contributed by atoms with Crippen molar-refractivity contribution in [3.05, 3.63) is 41.0 Å². The molecule has 0 saturated heterocycles. The van der Waals surface area contributed by atoms with Gasteiger partial charge in [0.25, 0.3) is 0 Å². The lowest BCUT2D eigenvalue weighted by atomic mass is 9.63. The van der Waals surface area contributed by atoms with Crippen LogP contribution in [0.5, 0.6) is 0 Å². The molecule has 1 aromatic carbocycles. The lowest BCUT2D eigenvalue weighted by Crippen LogP contribution is -2.33. The summed E-state index contributed by atoms with van der Waals surface area (Å²) in [5, 5.41) is 0. The predicted molar refractivity (Wildman–Crippen MR) is 145 cm³/mol. The first kappa shape index (κ1) is 24.7. The molecule has 1 saturated carbocycles. The number of hydrogen-bond acceptors (Lipinski definition) is 1. The molecule has 4 rings (SSSR count). The summed E-state index contributed by atoms with van der Waals surface area (Å²) in [6.07, 6.45) is 18.6. The maximum atomic E-state index is 5.47. The second-order valence-corrected chi connectivity index (χ2v) is 12.7. The van der Waals surface area contributed by atoms with E-state index in [9.17, 15) is 0 Å². The topological polar surface area (TPSA) is 12.4 Å². The molecule has 1 aromatic rings. The molecular weight excluding hydrogens is 398 g/mol. The Bertz CT molecular complexity index is 884. The zero-order chi connectivity index (χ0) is 23.6. The fourth-order valence-corrected chi connectivity index (χ4v) is 6.84. The average molecular weight is 448 g/mol. The third-order valence-corrected chi connectivity index (χ3v) is 9.38. The third-order valence-electron chi connectivity index (χ3n) is 9.38. The number of nitrogens with zero attached hydrogens (tertiary/aromatic N) is 1. The molecule has 1 heteroatoms. The normalized spacial score (nSPS) is 29.0. The van der Waals surface area contributed by atoms with Gasteiger partial charge in [-0.1, -0.05) is 91.9 Å². The van der Waals surface area contributed by atoms with Gasteiger partial charge in [-0.2, -0.15) is 0 Å². The largest absolute Gasteiger partial charge is 0.257 e. The van der Waals surface area contributed by atoms with Gasteiger partial charge in [0.2, 0.25) is 0 Å². The Kier molecular flexibility index (Phi) is 7.56. The second-order valence-electron chi connectivity index (χ2n) is 12.7. The molecule has 3 unspecified atom stereocenters. The van der Waals surface area contributed by atoms with Gasteiger partial charge in [-0.3, -0.25) is 4.99 Å². The van der Waals surface area contributed by atoms with E-state index in [1.807, 2.05) is 0 Å². The molecule has 1 heterocycles. The Hall–Kier alpha value is -1.37. The Morgan fingerprint density at radius 3 is 2.39 bits per heavy atom. The average Bonchev–Trinajstić information content (AvgIpc) is 3.06. The highest BCUT2D eigenvalue weighted by Crippen LogP contribution is 2.47. The molecule has 3 aliphatic rings. The van der Waals surface area contributed by atoms with Crippen molar-refractivity contribution in [2.24, 2.45) is 22.7 Å². The van der Waals surface area contributed by atoms with Crippen molar-refractivity contribution >= 4 is 11.4 Å². The maximum Gasteiger partial charge on any atom is 0.0662 e. The smallest absolute Gasteiger partial charge is 0.0662 e. The number of fused-ring (bicyclic) bond motifs is 1. The van der Waals surface area contributed by atoms with Crippen molar-refractivity contribution in [3.63, 3.8) is 0 Å². The van der Waals surface area contributed by atoms with Gasteiger partial charge in [0, 0.05) is 17.2 Å². The quantitative estimate of drug-likeness (QED) is 0.385. The van der Waals surface area contributed by atoms with Crippen LogP contribution in [0.3, 0.4) is 0 Å². The first-order valence-corrected chi connectivity index (χ1v) is 14.2. The van der Waals surface area contributed by atoms with E-state index < -0.39 is 0 Å². The van der Waals surface area contributed by atoms with E-state index in [2.05, 4.69) is 65.8 Å². The van der Waals surface area contributed by atoms with Crippen LogP contribution in [0.2, 0.25) is 0 Å². The number of aliphatic imine (C=N–C) groups is 1. The predicted octanol–water partition coefficient (Wildman–Crippen LogP) is 9.63. The van der Waals surface area contributed by atoms with Crippen LogP contribution in [-0.2, 0) is 10.8 Å². The molecule has 1 fully saturated rings. The monoisotopic (exact) mass is 447 g/mol. The number of hydrogen-bond donors (Lipinski definition) is 0. The van der Waals surface area contributed by atoms with Crippen LogP contribution in [-0.4, -0.2) is 5.71 Å². The summed E-state index contributed by atoms with van der Waals surface area (Å²) in [6.45, 7) is 14.4. The highest BCUT2D eigenvalue weighted by molar-refractivity contribution is 5.95. The first-order chi connectivity index (χ1) is 15.7. The third kappa shape index (κ3) is 5.33. The SMILES string of the molecule is CCCCC1CCCC(C2=NC(c3ccc4c(c3)C(C)(C)CCC4(C)C)=CCC2CC)CC1. The number of allylic oxidation sites excluding steroid dienone is 1. The molecule has 0 aromatic heterocycles. The van der Waals surface area contributed by atoms with E-state index in [1.54, 1.807) is 16.8 Å². The highest BCUT2D eigenvalue weighted by Gasteiger charge is 2.37. The van der Waals surface area contributed by atoms with Gasteiger partial charge in [-0.25, -0.2) is 0 Å². The van der Waals surface area contributed by atoms with Gasteiger partial charge >= 0.3 is 0 Å². The summed E-state index contributed by atoms with van der Waals surface area (Å²) in [6, 6.07) is 7.30. The highest BCUT2D eigenvalue weighted by atomic mass is 14.8. The lowest BCUT2D eigenvalue weighted by molar-refractivity contribution is 0.332. The fourth-order valence-electron chi connectivity index (χ4n) is 6.84. The molecule has 3 atom stereocenters. The maximum absolute atomic E-state index is 5.47. The minimum absolute atomic E-state index is 0.253. The van der Waals surface area contributed by atoms with Crippen molar-refractivity contribution in [3.8, 4) is 0 Å². The van der Waals surface area contributed by atoms with Crippen LogP contribution in [0.15, 0.2) is 29.3 Å². The molecule has 33 heavy (non-hydrogen) atoms. The Balaban J connectivity index is 1.60. The Morgan fingerprint density at radius 2 is 1.67 bits per heavy atom. The standard InChI is InChI=1S/C32H49N/c1-7-9-11-23-12-10-13-25(15-14-23)30-24(8-2)17-19-29(33-30)26-16-18-27-28(22-26)32(5,6)21-20-31(27,3)4/h16,18-19,22-25H,7-15,17,20-21H2,1-6H3. The fraction of sp³-hybridized carbons (Fsp3) is 0.719. The van der Waals surface area contributed by atoms with Crippen molar-refractivity contribution in [2.45, 2.75) is 129 Å². The number of benzene rings is 1. The molecule has 0 bridgehead atoms. The Labute approximate surface area is 204 Å². The summed E-state index contributed by atoms with van der Waals surface area (Å²) in [5.41, 5.74) is 7.79. The van der Waals surface area contributed by atoms with Gasteiger partial charge in [0.15, 0.2) is 0 Å². The van der Waals surface area contributed by atoms with Gasteiger partial charge < -0.3 is 0 Å². The van der Waals surface area contributed by atoms with E-state index in [1.165, 1.54) is 88.3 Å². The van der Waals surface area contributed by atoms with E-state index in [0.717, 1.165) is 5.92 Å². The molecular formula is C32H49N. The van der Waals surface area contributed by atoms with E-state index in [4.69, 9.17) is 4.99 Å². The minimum Gasteiger partial charge on any atom is -0.257 e. The van der Waals surface area contributed by atoms with Crippen molar-refractivity contribution < 1.29 is 0 Å². The van der Waals surface area contributed by atoms with Crippen LogP contribution >= 0.6 is 0 Å². The van der Waals surface area contributed by atoms with Crippen LogP contribution in [0, 0.1) is 17.8 Å². The summed E-state index contributed by atoms with van der Waals surface area (Å²) in [4.78, 5) is 5.47. The molecule has 182 valence electrons. The molecule has 0 N–H and O–H groups in total. The molecule has 1 aliphatic heterocycles. The van der Waals surface area contributed by atoms with E-state index in [0.29, 0.717) is 11.8 Å². The van der Waals surface area contributed by atoms with Gasteiger partial charge in [0.05, 0.1) is 5.70 Å². The van der Waals surface area contributed by atoms with Crippen LogP contribution in [0.4, 0.5) is 0 Å². The molecule has 0 amide bonds. The molecule has 2 aliphatic carbocycles. The van der Waals surface area contributed by atoms with E-state index >= 15 is 0 Å². The lowest BCUT2D eigenvalue weighted by Gasteiger charge is -2.42. The Morgan fingerprint density at radius 1 is 0.909 bits per heavy atom. The van der Waals surface area contributed by atoms with Crippen molar-refractivity contribution in [1.29, 1.82) is 0 Å². The van der Waals surface area contributed by atoms with Gasteiger partial charge in [0.1, 0.15) is 0 Å². The van der Waals surface area contributed by atoms with Gasteiger partial charge in [-0.15, -0.1) is 0 Å². The zero-order valence-corrected chi connectivity index (χ0v) is 22.5. The number of rotatable bonds is 6. The summed E-state index contributed by atoms with van der Waals surface area (Å²) >= 11 is 0. The van der Waals surface area contributed by atoms with Crippen LogP contribution < -0.4 is 0 Å². The minimum atomic E-state index is 0.253. The van der Waals surface area contributed by atoms with Crippen molar-refractivity contribution in [2.75, 3.05) is 0 Å². The number of unbranched alkanes of at least 4 members (excludes halogenated alkanes) is 1. The van der Waals surface area contributed by atoms with E-state index in [-0.39, 0.29) is 10.8 Å². The second kappa shape index (κ2) is 10.1. The van der Waals surface area contributed by atoms with Crippen LogP contribution in [0.1, 0.15) is 135 Å². The first-order valence-electron chi connectivity index (χ1n) is 14.2. The zero-order valence-electron chi connectivity index (χ0n) is 22.5. The summed E-state index contributed by atoms with van der Waals surface area (Å²) in [5.74, 6) is 2.32. The molecule has 1 nitrogen and oxygen atoms in total.